The molecular formula is C13H21NO3. The van der Waals surface area contributed by atoms with Crippen molar-refractivity contribution in [2.45, 2.75) is 19.9 Å². The number of benzene rings is 1. The summed E-state index contributed by atoms with van der Waals surface area (Å²) in [6.07, 6.45) is 0. The van der Waals surface area contributed by atoms with E-state index in [-0.39, 0.29) is 6.04 Å². The van der Waals surface area contributed by atoms with Gasteiger partial charge in [-0.25, -0.2) is 0 Å². The summed E-state index contributed by atoms with van der Waals surface area (Å²) in [5, 5.41) is 0. The monoisotopic (exact) mass is 239 g/mol. The van der Waals surface area contributed by atoms with Gasteiger partial charge in [-0.3, -0.25) is 0 Å². The van der Waals surface area contributed by atoms with Crippen LogP contribution in [0, 0.1) is 0 Å². The minimum absolute atomic E-state index is 0.0667. The van der Waals surface area contributed by atoms with E-state index in [9.17, 15) is 0 Å². The van der Waals surface area contributed by atoms with Gasteiger partial charge in [0.25, 0.3) is 0 Å². The molecule has 0 aliphatic heterocycles. The predicted molar refractivity (Wildman–Crippen MR) is 67.6 cm³/mol. The smallest absolute Gasteiger partial charge is 0.127 e. The minimum atomic E-state index is -0.0667. The molecule has 1 atom stereocenters. The van der Waals surface area contributed by atoms with Crippen LogP contribution in [0.15, 0.2) is 18.2 Å². The highest BCUT2D eigenvalue weighted by Crippen LogP contribution is 2.28. The average molecular weight is 239 g/mol. The molecule has 1 aromatic carbocycles. The van der Waals surface area contributed by atoms with Gasteiger partial charge in [-0.15, -0.1) is 0 Å². The van der Waals surface area contributed by atoms with E-state index in [1.807, 2.05) is 32.0 Å². The van der Waals surface area contributed by atoms with Crippen LogP contribution >= 0.6 is 0 Å². The first-order valence-electron chi connectivity index (χ1n) is 5.83. The summed E-state index contributed by atoms with van der Waals surface area (Å²) in [6.45, 7) is 5.67. The zero-order chi connectivity index (χ0) is 12.7. The Morgan fingerprint density at radius 2 is 2.06 bits per heavy atom. The molecule has 0 aromatic heterocycles. The third kappa shape index (κ3) is 4.24. The van der Waals surface area contributed by atoms with Gasteiger partial charge in [0.05, 0.1) is 13.7 Å². The van der Waals surface area contributed by atoms with E-state index in [1.54, 1.807) is 7.11 Å². The van der Waals surface area contributed by atoms with Crippen LogP contribution < -0.4 is 15.2 Å². The first-order chi connectivity index (χ1) is 8.19. The Balaban J connectivity index is 2.71. The Morgan fingerprint density at radius 1 is 1.29 bits per heavy atom. The second-order valence-electron chi connectivity index (χ2n) is 3.74. The van der Waals surface area contributed by atoms with Crippen LogP contribution in [0.3, 0.4) is 0 Å². The van der Waals surface area contributed by atoms with Crippen LogP contribution in [0.5, 0.6) is 11.5 Å². The van der Waals surface area contributed by atoms with Gasteiger partial charge >= 0.3 is 0 Å². The van der Waals surface area contributed by atoms with Crippen molar-refractivity contribution in [3.8, 4) is 11.5 Å². The van der Waals surface area contributed by atoms with Crippen molar-refractivity contribution in [1.29, 1.82) is 0 Å². The summed E-state index contributed by atoms with van der Waals surface area (Å²) in [4.78, 5) is 0. The summed E-state index contributed by atoms with van der Waals surface area (Å²) in [6, 6.07) is 5.60. The van der Waals surface area contributed by atoms with E-state index in [0.29, 0.717) is 19.8 Å². The zero-order valence-corrected chi connectivity index (χ0v) is 10.7. The third-order valence-electron chi connectivity index (χ3n) is 2.40. The van der Waals surface area contributed by atoms with Gasteiger partial charge in [0.1, 0.15) is 18.1 Å². The SMILES string of the molecule is CCOCCOc1cc(OC)ccc1[C@H](C)N. The van der Waals surface area contributed by atoms with E-state index in [4.69, 9.17) is 19.9 Å². The highest BCUT2D eigenvalue weighted by molar-refractivity contribution is 5.42. The summed E-state index contributed by atoms with van der Waals surface area (Å²) in [5.74, 6) is 1.53. The van der Waals surface area contributed by atoms with Crippen molar-refractivity contribution in [3.05, 3.63) is 23.8 Å². The molecule has 0 unspecified atom stereocenters. The van der Waals surface area contributed by atoms with Gasteiger partial charge in [0.2, 0.25) is 0 Å². The maximum atomic E-state index is 5.88. The average Bonchev–Trinajstić information content (AvgIpc) is 2.34. The molecule has 0 radical (unpaired) electrons. The Hall–Kier alpha value is -1.26. The Bertz CT molecular complexity index is 339. The molecule has 2 N–H and O–H groups in total. The molecule has 0 bridgehead atoms. The Kier molecular flexibility index (Phi) is 5.80. The molecular weight excluding hydrogens is 218 g/mol. The predicted octanol–water partition coefficient (Wildman–Crippen LogP) is 2.13. The summed E-state index contributed by atoms with van der Waals surface area (Å²) in [5.41, 5.74) is 6.86. The lowest BCUT2D eigenvalue weighted by Crippen LogP contribution is -2.11. The van der Waals surface area contributed by atoms with Gasteiger partial charge in [0, 0.05) is 24.3 Å². The molecule has 1 aromatic rings. The molecule has 0 aliphatic carbocycles. The standard InChI is InChI=1S/C13H21NO3/c1-4-16-7-8-17-13-9-11(15-3)5-6-12(13)10(2)14/h5-6,9-10H,4,7-8,14H2,1-3H3/t10-/m0/s1. The van der Waals surface area contributed by atoms with Crippen molar-refractivity contribution >= 4 is 0 Å². The molecule has 0 heterocycles. The summed E-state index contributed by atoms with van der Waals surface area (Å²) in [7, 11) is 1.63. The number of rotatable bonds is 7. The zero-order valence-electron chi connectivity index (χ0n) is 10.7. The van der Waals surface area contributed by atoms with Crippen molar-refractivity contribution in [3.63, 3.8) is 0 Å². The van der Waals surface area contributed by atoms with Crippen LogP contribution in [0.25, 0.3) is 0 Å². The van der Waals surface area contributed by atoms with Crippen LogP contribution in [-0.4, -0.2) is 26.9 Å². The summed E-state index contributed by atoms with van der Waals surface area (Å²) >= 11 is 0. The molecule has 0 amide bonds. The fourth-order valence-electron chi connectivity index (χ4n) is 1.50. The quantitative estimate of drug-likeness (QED) is 0.741. The van der Waals surface area contributed by atoms with Crippen LogP contribution in [0.1, 0.15) is 25.5 Å². The van der Waals surface area contributed by atoms with E-state index >= 15 is 0 Å². The maximum absolute atomic E-state index is 5.88. The molecule has 0 fully saturated rings. The Labute approximate surface area is 103 Å². The van der Waals surface area contributed by atoms with Crippen molar-refractivity contribution < 1.29 is 14.2 Å². The normalized spacial score (nSPS) is 12.2. The maximum Gasteiger partial charge on any atom is 0.127 e. The Morgan fingerprint density at radius 3 is 2.65 bits per heavy atom. The second-order valence-corrected chi connectivity index (χ2v) is 3.74. The second kappa shape index (κ2) is 7.14. The molecule has 4 nitrogen and oxygen atoms in total. The molecule has 0 spiro atoms. The molecule has 0 saturated carbocycles. The summed E-state index contributed by atoms with van der Waals surface area (Å²) < 4.78 is 16.0. The molecule has 0 saturated heterocycles. The molecule has 4 heteroatoms. The fraction of sp³-hybridized carbons (Fsp3) is 0.538. The van der Waals surface area contributed by atoms with Gasteiger partial charge in [0.15, 0.2) is 0 Å². The van der Waals surface area contributed by atoms with Gasteiger partial charge in [-0.1, -0.05) is 6.07 Å². The molecule has 17 heavy (non-hydrogen) atoms. The van der Waals surface area contributed by atoms with E-state index in [1.165, 1.54) is 0 Å². The van der Waals surface area contributed by atoms with Crippen LogP contribution in [0.2, 0.25) is 0 Å². The van der Waals surface area contributed by atoms with E-state index in [2.05, 4.69) is 0 Å². The van der Waals surface area contributed by atoms with E-state index < -0.39 is 0 Å². The number of hydrogen-bond acceptors (Lipinski definition) is 4. The minimum Gasteiger partial charge on any atom is -0.497 e. The number of methoxy groups -OCH3 is 1. The number of nitrogens with two attached hydrogens (primary N) is 1. The number of ether oxygens (including phenoxy) is 3. The third-order valence-corrected chi connectivity index (χ3v) is 2.40. The molecule has 1 rings (SSSR count). The van der Waals surface area contributed by atoms with Crippen LogP contribution in [0.4, 0.5) is 0 Å². The van der Waals surface area contributed by atoms with Crippen LogP contribution in [-0.2, 0) is 4.74 Å². The molecule has 0 aliphatic rings. The largest absolute Gasteiger partial charge is 0.497 e. The topological polar surface area (TPSA) is 53.7 Å². The lowest BCUT2D eigenvalue weighted by molar-refractivity contribution is 0.109. The fourth-order valence-corrected chi connectivity index (χ4v) is 1.50. The lowest BCUT2D eigenvalue weighted by atomic mass is 10.1. The highest BCUT2D eigenvalue weighted by atomic mass is 16.5. The van der Waals surface area contributed by atoms with Crippen molar-refractivity contribution in [1.82, 2.24) is 0 Å². The van der Waals surface area contributed by atoms with Gasteiger partial charge in [-0.2, -0.15) is 0 Å². The first-order valence-corrected chi connectivity index (χ1v) is 5.83. The first kappa shape index (κ1) is 13.8. The number of hydrogen-bond donors (Lipinski definition) is 1. The van der Waals surface area contributed by atoms with Gasteiger partial charge < -0.3 is 19.9 Å². The van der Waals surface area contributed by atoms with Crippen molar-refractivity contribution in [2.24, 2.45) is 5.73 Å². The van der Waals surface area contributed by atoms with E-state index in [0.717, 1.165) is 17.1 Å². The van der Waals surface area contributed by atoms with Crippen molar-refractivity contribution in [2.75, 3.05) is 26.9 Å². The van der Waals surface area contributed by atoms with Gasteiger partial charge in [-0.05, 0) is 19.9 Å². The lowest BCUT2D eigenvalue weighted by Gasteiger charge is -2.15. The highest BCUT2D eigenvalue weighted by Gasteiger charge is 2.09. The molecule has 96 valence electrons.